The Labute approximate surface area is 147 Å². The molecule has 0 saturated carbocycles. The minimum Gasteiger partial charge on any atom is -0.268 e. The van der Waals surface area contributed by atoms with Gasteiger partial charge < -0.3 is 0 Å². The highest BCUT2D eigenvalue weighted by Gasteiger charge is 2.37. The van der Waals surface area contributed by atoms with Gasteiger partial charge in [-0.25, -0.2) is 9.88 Å². The predicted molar refractivity (Wildman–Crippen MR) is 94.0 cm³/mol. The molecular formula is C18H11ClN2O2S. The number of benzene rings is 2. The first-order valence-electron chi connectivity index (χ1n) is 7.30. The molecule has 1 aliphatic heterocycles. The lowest BCUT2D eigenvalue weighted by molar-refractivity contribution is 0.0926. The first kappa shape index (κ1) is 15.1. The van der Waals surface area contributed by atoms with Crippen LogP contribution in [0.5, 0.6) is 0 Å². The number of amides is 2. The summed E-state index contributed by atoms with van der Waals surface area (Å²) in [5, 5.41) is 1.10. The number of anilines is 1. The van der Waals surface area contributed by atoms with Crippen molar-refractivity contribution in [2.45, 2.75) is 6.42 Å². The summed E-state index contributed by atoms with van der Waals surface area (Å²) in [5.41, 5.74) is 1.95. The van der Waals surface area contributed by atoms with Gasteiger partial charge in [-0.2, -0.15) is 0 Å². The minimum atomic E-state index is -0.317. The largest absolute Gasteiger partial charge is 0.268 e. The number of thiazole rings is 1. The second kappa shape index (κ2) is 5.85. The van der Waals surface area contributed by atoms with E-state index in [-0.39, 0.29) is 11.8 Å². The van der Waals surface area contributed by atoms with Crippen molar-refractivity contribution in [2.24, 2.45) is 0 Å². The number of carbonyl (C=O) groups excluding carboxylic acids is 2. The summed E-state index contributed by atoms with van der Waals surface area (Å²) >= 11 is 7.24. The molecule has 3 aromatic rings. The van der Waals surface area contributed by atoms with Crippen LogP contribution in [0.15, 0.2) is 54.7 Å². The molecule has 0 spiro atoms. The summed E-state index contributed by atoms with van der Waals surface area (Å²) in [4.78, 5) is 31.3. The van der Waals surface area contributed by atoms with Crippen molar-refractivity contribution in [1.82, 2.24) is 4.98 Å². The monoisotopic (exact) mass is 354 g/mol. The van der Waals surface area contributed by atoms with Crippen molar-refractivity contribution in [3.8, 4) is 0 Å². The number of hydrogen-bond acceptors (Lipinski definition) is 4. The maximum Gasteiger partial charge on any atom is 0.268 e. The van der Waals surface area contributed by atoms with E-state index in [9.17, 15) is 9.59 Å². The molecule has 6 heteroatoms. The van der Waals surface area contributed by atoms with Crippen LogP contribution in [-0.2, 0) is 6.42 Å². The lowest BCUT2D eigenvalue weighted by Crippen LogP contribution is -2.29. The Balaban J connectivity index is 1.61. The molecule has 0 aliphatic carbocycles. The van der Waals surface area contributed by atoms with Crippen LogP contribution in [0.2, 0.25) is 5.02 Å². The molecule has 24 heavy (non-hydrogen) atoms. The van der Waals surface area contributed by atoms with Gasteiger partial charge >= 0.3 is 0 Å². The van der Waals surface area contributed by atoms with Gasteiger partial charge in [-0.15, -0.1) is 11.3 Å². The van der Waals surface area contributed by atoms with Crippen LogP contribution in [0, 0.1) is 0 Å². The number of hydrogen-bond donors (Lipinski definition) is 0. The highest BCUT2D eigenvalue weighted by atomic mass is 35.5. The Bertz CT molecular complexity index is 915. The summed E-state index contributed by atoms with van der Waals surface area (Å²) < 4.78 is 0. The van der Waals surface area contributed by atoms with Gasteiger partial charge in [0.05, 0.1) is 11.1 Å². The highest BCUT2D eigenvalue weighted by Crippen LogP contribution is 2.32. The van der Waals surface area contributed by atoms with Crippen LogP contribution in [0.1, 0.15) is 31.2 Å². The molecule has 0 unspecified atom stereocenters. The summed E-state index contributed by atoms with van der Waals surface area (Å²) in [6.07, 6.45) is 2.39. The van der Waals surface area contributed by atoms with Gasteiger partial charge in [-0.3, -0.25) is 9.59 Å². The normalized spacial score (nSPS) is 13.5. The lowest BCUT2D eigenvalue weighted by atomic mass is 10.1. The molecule has 0 radical (unpaired) electrons. The molecule has 0 saturated heterocycles. The van der Waals surface area contributed by atoms with Crippen LogP contribution < -0.4 is 4.90 Å². The number of rotatable bonds is 3. The fourth-order valence-electron chi connectivity index (χ4n) is 2.65. The average Bonchev–Trinajstić information content (AvgIpc) is 3.14. The Kier molecular flexibility index (Phi) is 3.67. The average molecular weight is 355 g/mol. The number of halogens is 1. The summed E-state index contributed by atoms with van der Waals surface area (Å²) in [7, 11) is 0. The minimum absolute atomic E-state index is 0.317. The molecule has 2 amide bonds. The third kappa shape index (κ3) is 2.52. The topological polar surface area (TPSA) is 50.3 Å². The number of aromatic nitrogens is 1. The second-order valence-corrected chi connectivity index (χ2v) is 6.93. The fraction of sp³-hybridized carbons (Fsp3) is 0.0556. The van der Waals surface area contributed by atoms with Gasteiger partial charge in [0.25, 0.3) is 11.8 Å². The molecule has 1 aliphatic rings. The lowest BCUT2D eigenvalue weighted by Gasteiger charge is -2.08. The standard InChI is InChI=1S/C18H11ClN2O2S/c19-12-7-5-11(6-8-12)9-13-10-20-18(24-13)21-16(22)14-3-1-2-4-15(14)17(21)23/h1-8,10H,9H2. The van der Waals surface area contributed by atoms with E-state index in [0.717, 1.165) is 15.3 Å². The predicted octanol–water partition coefficient (Wildman–Crippen LogP) is 4.19. The maximum atomic E-state index is 12.5. The van der Waals surface area contributed by atoms with Crippen molar-refractivity contribution >= 4 is 39.9 Å². The van der Waals surface area contributed by atoms with E-state index in [4.69, 9.17) is 11.6 Å². The summed E-state index contributed by atoms with van der Waals surface area (Å²) in [6.45, 7) is 0. The van der Waals surface area contributed by atoms with E-state index >= 15 is 0 Å². The Hall–Kier alpha value is -2.50. The number of nitrogens with zero attached hydrogens (tertiary/aromatic N) is 2. The second-order valence-electron chi connectivity index (χ2n) is 5.40. The third-order valence-electron chi connectivity index (χ3n) is 3.82. The van der Waals surface area contributed by atoms with Gasteiger partial charge in [0.2, 0.25) is 0 Å². The zero-order chi connectivity index (χ0) is 16.7. The zero-order valence-corrected chi connectivity index (χ0v) is 14.0. The van der Waals surface area contributed by atoms with Crippen molar-refractivity contribution in [3.63, 3.8) is 0 Å². The molecule has 0 fully saturated rings. The van der Waals surface area contributed by atoms with E-state index in [2.05, 4.69) is 4.98 Å². The Morgan fingerprint density at radius 3 is 2.21 bits per heavy atom. The number of imide groups is 1. The van der Waals surface area contributed by atoms with Gasteiger partial charge in [-0.1, -0.05) is 35.9 Å². The van der Waals surface area contributed by atoms with Gasteiger partial charge in [0.1, 0.15) is 0 Å². The van der Waals surface area contributed by atoms with Crippen molar-refractivity contribution in [2.75, 3.05) is 4.90 Å². The molecule has 0 N–H and O–H groups in total. The maximum absolute atomic E-state index is 12.5. The molecule has 4 nitrogen and oxygen atoms in total. The number of carbonyl (C=O) groups is 2. The first-order valence-corrected chi connectivity index (χ1v) is 8.50. The SMILES string of the molecule is O=C1c2ccccc2C(=O)N1c1ncc(Cc2ccc(Cl)cc2)s1. The molecule has 118 valence electrons. The van der Waals surface area contributed by atoms with E-state index in [1.807, 2.05) is 24.3 Å². The summed E-state index contributed by atoms with van der Waals surface area (Å²) in [5.74, 6) is -0.633. The van der Waals surface area contributed by atoms with E-state index in [1.54, 1.807) is 30.5 Å². The van der Waals surface area contributed by atoms with Crippen LogP contribution in [0.4, 0.5) is 5.13 Å². The van der Waals surface area contributed by atoms with Crippen LogP contribution >= 0.6 is 22.9 Å². The Morgan fingerprint density at radius 2 is 1.58 bits per heavy atom. The van der Waals surface area contributed by atoms with Crippen LogP contribution in [0.3, 0.4) is 0 Å². The van der Waals surface area contributed by atoms with E-state index < -0.39 is 0 Å². The van der Waals surface area contributed by atoms with Crippen molar-refractivity contribution in [1.29, 1.82) is 0 Å². The molecule has 1 aromatic heterocycles. The van der Waals surface area contributed by atoms with E-state index in [1.165, 1.54) is 11.3 Å². The van der Waals surface area contributed by atoms with E-state index in [0.29, 0.717) is 27.7 Å². The van der Waals surface area contributed by atoms with Crippen LogP contribution in [0.25, 0.3) is 0 Å². The third-order valence-corrected chi connectivity index (χ3v) is 5.05. The van der Waals surface area contributed by atoms with Crippen LogP contribution in [-0.4, -0.2) is 16.8 Å². The molecule has 2 aromatic carbocycles. The molecule has 4 rings (SSSR count). The molecular weight excluding hydrogens is 344 g/mol. The van der Waals surface area contributed by atoms with Crippen molar-refractivity contribution < 1.29 is 9.59 Å². The fourth-order valence-corrected chi connectivity index (χ4v) is 3.72. The quantitative estimate of drug-likeness (QED) is 0.663. The van der Waals surface area contributed by atoms with Crippen molar-refractivity contribution in [3.05, 3.63) is 81.3 Å². The van der Waals surface area contributed by atoms with Gasteiger partial charge in [0, 0.05) is 22.5 Å². The zero-order valence-electron chi connectivity index (χ0n) is 12.4. The summed E-state index contributed by atoms with van der Waals surface area (Å²) in [6, 6.07) is 14.4. The molecule has 0 bridgehead atoms. The van der Waals surface area contributed by atoms with Gasteiger partial charge in [-0.05, 0) is 29.8 Å². The number of fused-ring (bicyclic) bond motifs is 1. The Morgan fingerprint density at radius 1 is 0.958 bits per heavy atom. The highest BCUT2D eigenvalue weighted by molar-refractivity contribution is 7.16. The smallest absolute Gasteiger partial charge is 0.268 e. The van der Waals surface area contributed by atoms with Gasteiger partial charge in [0.15, 0.2) is 5.13 Å². The molecule has 0 atom stereocenters. The molecule has 2 heterocycles. The first-order chi connectivity index (χ1) is 11.6.